The van der Waals surface area contributed by atoms with Crippen LogP contribution in [0.5, 0.6) is 0 Å². The summed E-state index contributed by atoms with van der Waals surface area (Å²) >= 11 is 4.01. The predicted octanol–water partition coefficient (Wildman–Crippen LogP) is 3.49. The standard InChI is InChI=1S/C17H22N2OS2/c20-15(14-11-17(14)4-6-18-7-5-17)19-13-3-1-2-12(10-13)16-21-8-9-22-16/h1-3,10,14,16,18H,4-9,11H2,(H,19,20). The van der Waals surface area contributed by atoms with E-state index in [2.05, 4.69) is 28.8 Å². The van der Waals surface area contributed by atoms with E-state index in [1.54, 1.807) is 0 Å². The van der Waals surface area contributed by atoms with E-state index >= 15 is 0 Å². The van der Waals surface area contributed by atoms with Gasteiger partial charge in [0.15, 0.2) is 0 Å². The Morgan fingerprint density at radius 1 is 1.23 bits per heavy atom. The summed E-state index contributed by atoms with van der Waals surface area (Å²) in [5, 5.41) is 6.55. The van der Waals surface area contributed by atoms with Gasteiger partial charge in [0.05, 0.1) is 4.58 Å². The molecule has 3 fully saturated rings. The van der Waals surface area contributed by atoms with Gasteiger partial charge in [-0.2, -0.15) is 0 Å². The largest absolute Gasteiger partial charge is 0.326 e. The number of thioether (sulfide) groups is 2. The summed E-state index contributed by atoms with van der Waals surface area (Å²) in [6, 6.07) is 8.42. The lowest BCUT2D eigenvalue weighted by Crippen LogP contribution is -2.31. The summed E-state index contributed by atoms with van der Waals surface area (Å²) in [5.41, 5.74) is 2.61. The number of hydrogen-bond acceptors (Lipinski definition) is 4. The Hall–Kier alpha value is -0.650. The smallest absolute Gasteiger partial charge is 0.228 e. The maximum atomic E-state index is 12.5. The minimum atomic E-state index is 0.228. The zero-order valence-electron chi connectivity index (χ0n) is 12.6. The van der Waals surface area contributed by atoms with Gasteiger partial charge in [-0.05, 0) is 55.5 Å². The molecule has 1 amide bonds. The summed E-state index contributed by atoms with van der Waals surface area (Å²) in [7, 11) is 0. The van der Waals surface area contributed by atoms with Crippen molar-refractivity contribution in [1.29, 1.82) is 0 Å². The molecule has 1 aromatic rings. The summed E-state index contributed by atoms with van der Waals surface area (Å²) in [6.07, 6.45) is 3.38. The molecule has 0 radical (unpaired) electrons. The number of hydrogen-bond donors (Lipinski definition) is 2. The maximum absolute atomic E-state index is 12.5. The molecule has 3 nitrogen and oxygen atoms in total. The second-order valence-electron chi connectivity index (χ2n) is 6.56. The molecule has 2 aliphatic heterocycles. The van der Waals surface area contributed by atoms with Crippen molar-refractivity contribution in [3.05, 3.63) is 29.8 Å². The normalized spacial score (nSPS) is 27.0. The zero-order chi connectivity index (χ0) is 15.0. The molecule has 1 aliphatic carbocycles. The number of carbonyl (C=O) groups excluding carboxylic acids is 1. The van der Waals surface area contributed by atoms with Gasteiger partial charge in [-0.3, -0.25) is 4.79 Å². The van der Waals surface area contributed by atoms with Crippen LogP contribution < -0.4 is 10.6 Å². The number of benzene rings is 1. The van der Waals surface area contributed by atoms with Gasteiger partial charge in [-0.15, -0.1) is 23.5 Å². The third kappa shape index (κ3) is 2.91. The monoisotopic (exact) mass is 334 g/mol. The van der Waals surface area contributed by atoms with Crippen LogP contribution in [0.2, 0.25) is 0 Å². The van der Waals surface area contributed by atoms with Crippen molar-refractivity contribution in [2.24, 2.45) is 11.3 Å². The first kappa shape index (κ1) is 14.9. The molecule has 1 unspecified atom stereocenters. The van der Waals surface area contributed by atoms with Crippen LogP contribution in [0.1, 0.15) is 29.4 Å². The fraction of sp³-hybridized carbons (Fsp3) is 0.588. The molecule has 1 atom stereocenters. The third-order valence-corrected chi connectivity index (χ3v) is 8.26. The highest BCUT2D eigenvalue weighted by Crippen LogP contribution is 2.58. The van der Waals surface area contributed by atoms with Crippen LogP contribution in [0.4, 0.5) is 5.69 Å². The summed E-state index contributed by atoms with van der Waals surface area (Å²) in [4.78, 5) is 12.5. The Labute approximate surface area is 140 Å². The average Bonchev–Trinajstić information content (AvgIpc) is 3.00. The minimum Gasteiger partial charge on any atom is -0.326 e. The van der Waals surface area contributed by atoms with Gasteiger partial charge in [0.25, 0.3) is 0 Å². The number of rotatable bonds is 3. The molecule has 5 heteroatoms. The Balaban J connectivity index is 1.41. The van der Waals surface area contributed by atoms with Crippen LogP contribution in [-0.2, 0) is 4.79 Å². The summed E-state index contributed by atoms with van der Waals surface area (Å²) in [6.45, 7) is 2.13. The van der Waals surface area contributed by atoms with E-state index in [0.29, 0.717) is 10.00 Å². The first-order chi connectivity index (χ1) is 10.8. The minimum absolute atomic E-state index is 0.228. The topological polar surface area (TPSA) is 41.1 Å². The molecule has 0 aromatic heterocycles. The SMILES string of the molecule is O=C(Nc1cccc(C2SCCS2)c1)C1CC12CCNCC2. The van der Waals surface area contributed by atoms with Gasteiger partial charge in [-0.25, -0.2) is 0 Å². The van der Waals surface area contributed by atoms with Crippen LogP contribution in [0.3, 0.4) is 0 Å². The third-order valence-electron chi connectivity index (χ3n) is 5.15. The molecule has 1 spiro atoms. The Morgan fingerprint density at radius 3 is 2.77 bits per heavy atom. The van der Waals surface area contributed by atoms with E-state index in [1.165, 1.54) is 17.1 Å². The van der Waals surface area contributed by atoms with Gasteiger partial charge in [0.2, 0.25) is 5.91 Å². The molecular formula is C17H22N2OS2. The van der Waals surface area contributed by atoms with E-state index in [4.69, 9.17) is 0 Å². The number of anilines is 1. The van der Waals surface area contributed by atoms with Gasteiger partial charge >= 0.3 is 0 Å². The van der Waals surface area contributed by atoms with Gasteiger partial charge in [-0.1, -0.05) is 12.1 Å². The highest BCUT2D eigenvalue weighted by molar-refractivity contribution is 8.19. The van der Waals surface area contributed by atoms with Crippen LogP contribution in [0.25, 0.3) is 0 Å². The van der Waals surface area contributed by atoms with Crippen molar-refractivity contribution < 1.29 is 4.79 Å². The lowest BCUT2D eigenvalue weighted by Gasteiger charge is -2.23. The van der Waals surface area contributed by atoms with Crippen molar-refractivity contribution >= 4 is 35.1 Å². The molecule has 3 aliphatic rings. The fourth-order valence-electron chi connectivity index (χ4n) is 3.74. The van der Waals surface area contributed by atoms with Crippen molar-refractivity contribution in [2.75, 3.05) is 29.9 Å². The second-order valence-corrected chi connectivity index (χ2v) is 9.28. The van der Waals surface area contributed by atoms with E-state index in [1.807, 2.05) is 29.6 Å². The van der Waals surface area contributed by atoms with E-state index < -0.39 is 0 Å². The highest BCUT2D eigenvalue weighted by atomic mass is 32.2. The molecule has 0 bridgehead atoms. The van der Waals surface area contributed by atoms with E-state index in [0.717, 1.165) is 38.0 Å². The molecule has 4 rings (SSSR count). The van der Waals surface area contributed by atoms with Gasteiger partial charge < -0.3 is 10.6 Å². The van der Waals surface area contributed by atoms with Gasteiger partial charge in [0.1, 0.15) is 0 Å². The lowest BCUT2D eigenvalue weighted by molar-refractivity contribution is -0.118. The van der Waals surface area contributed by atoms with Crippen molar-refractivity contribution in [2.45, 2.75) is 23.8 Å². The Morgan fingerprint density at radius 2 is 2.00 bits per heavy atom. The number of carbonyl (C=O) groups is 1. The number of piperidine rings is 1. The second kappa shape index (κ2) is 6.10. The van der Waals surface area contributed by atoms with E-state index in [-0.39, 0.29) is 11.8 Å². The lowest BCUT2D eigenvalue weighted by atomic mass is 9.92. The van der Waals surface area contributed by atoms with Crippen LogP contribution in [0.15, 0.2) is 24.3 Å². The molecule has 1 aromatic carbocycles. The molecule has 2 saturated heterocycles. The number of nitrogens with one attached hydrogen (secondary N) is 2. The number of amides is 1. The molecule has 118 valence electrons. The molecule has 2 N–H and O–H groups in total. The molecule has 22 heavy (non-hydrogen) atoms. The van der Waals surface area contributed by atoms with Crippen LogP contribution in [-0.4, -0.2) is 30.5 Å². The molecule has 1 saturated carbocycles. The highest BCUT2D eigenvalue weighted by Gasteiger charge is 2.57. The fourth-order valence-corrected chi connectivity index (χ4v) is 6.58. The summed E-state index contributed by atoms with van der Waals surface area (Å²) < 4.78 is 0.536. The van der Waals surface area contributed by atoms with Crippen molar-refractivity contribution in [1.82, 2.24) is 5.32 Å². The van der Waals surface area contributed by atoms with Gasteiger partial charge in [0, 0.05) is 23.1 Å². The quantitative estimate of drug-likeness (QED) is 0.888. The van der Waals surface area contributed by atoms with Crippen molar-refractivity contribution in [3.63, 3.8) is 0 Å². The maximum Gasteiger partial charge on any atom is 0.228 e. The van der Waals surface area contributed by atoms with Crippen molar-refractivity contribution in [3.8, 4) is 0 Å². The summed E-state index contributed by atoms with van der Waals surface area (Å²) in [5.74, 6) is 2.91. The predicted molar refractivity (Wildman–Crippen MR) is 95.4 cm³/mol. The Kier molecular flexibility index (Phi) is 4.13. The molecule has 2 heterocycles. The first-order valence-corrected chi connectivity index (χ1v) is 10.2. The zero-order valence-corrected chi connectivity index (χ0v) is 14.3. The van der Waals surface area contributed by atoms with Crippen LogP contribution >= 0.6 is 23.5 Å². The first-order valence-electron chi connectivity index (χ1n) is 8.12. The average molecular weight is 335 g/mol. The van der Waals surface area contributed by atoms with Crippen LogP contribution in [0, 0.1) is 11.3 Å². The molecular weight excluding hydrogens is 312 g/mol. The van der Waals surface area contributed by atoms with E-state index in [9.17, 15) is 4.79 Å². The Bertz CT molecular complexity index is 566.